The van der Waals surface area contributed by atoms with Crippen LogP contribution in [0, 0.1) is 0 Å². The van der Waals surface area contributed by atoms with Crippen molar-refractivity contribution in [1.82, 2.24) is 5.43 Å². The van der Waals surface area contributed by atoms with Gasteiger partial charge in [-0.05, 0) is 41.8 Å². The van der Waals surface area contributed by atoms with Gasteiger partial charge < -0.3 is 4.74 Å². The Balaban J connectivity index is 1.79. The number of ether oxygens (including phenoxy) is 1. The van der Waals surface area contributed by atoms with Crippen molar-refractivity contribution in [2.24, 2.45) is 5.10 Å². The van der Waals surface area contributed by atoms with Gasteiger partial charge in [0.05, 0.1) is 6.21 Å². The van der Waals surface area contributed by atoms with Crippen molar-refractivity contribution in [3.8, 4) is 5.75 Å². The number of benzene rings is 2. The molecular formula is C19H22N2O2. The summed E-state index contributed by atoms with van der Waals surface area (Å²) < 4.78 is 5.72. The number of amides is 1. The molecule has 2 aromatic carbocycles. The summed E-state index contributed by atoms with van der Waals surface area (Å²) >= 11 is 0. The van der Waals surface area contributed by atoms with Gasteiger partial charge in [0.15, 0.2) is 0 Å². The molecule has 1 amide bonds. The van der Waals surface area contributed by atoms with Gasteiger partial charge in [-0.3, -0.25) is 4.79 Å². The van der Waals surface area contributed by atoms with Crippen molar-refractivity contribution in [2.75, 3.05) is 0 Å². The molecule has 2 rings (SSSR count). The Labute approximate surface area is 137 Å². The van der Waals surface area contributed by atoms with E-state index in [1.165, 1.54) is 0 Å². The highest BCUT2D eigenvalue weighted by Gasteiger charge is 1.98. The van der Waals surface area contributed by atoms with Crippen LogP contribution in [0.15, 0.2) is 59.7 Å². The number of hydrazone groups is 1. The van der Waals surface area contributed by atoms with Crippen LogP contribution in [0.4, 0.5) is 0 Å². The summed E-state index contributed by atoms with van der Waals surface area (Å²) in [6, 6.07) is 17.6. The molecule has 4 heteroatoms. The van der Waals surface area contributed by atoms with Gasteiger partial charge in [0.1, 0.15) is 12.4 Å². The van der Waals surface area contributed by atoms with Crippen molar-refractivity contribution in [3.63, 3.8) is 0 Å². The summed E-state index contributed by atoms with van der Waals surface area (Å²) in [7, 11) is 0. The average molecular weight is 310 g/mol. The molecule has 2 aromatic rings. The summed E-state index contributed by atoms with van der Waals surface area (Å²) in [4.78, 5) is 11.4. The fourth-order valence-corrected chi connectivity index (χ4v) is 1.96. The Morgan fingerprint density at radius 3 is 2.57 bits per heavy atom. The molecule has 0 aliphatic rings. The van der Waals surface area contributed by atoms with Crippen LogP contribution in [0.1, 0.15) is 37.3 Å². The third-order valence-electron chi connectivity index (χ3n) is 3.29. The minimum absolute atomic E-state index is 0.0501. The Kier molecular flexibility index (Phi) is 6.85. The second-order valence-electron chi connectivity index (χ2n) is 5.24. The molecule has 23 heavy (non-hydrogen) atoms. The zero-order valence-corrected chi connectivity index (χ0v) is 13.4. The van der Waals surface area contributed by atoms with Crippen LogP contribution in [0.5, 0.6) is 5.75 Å². The maximum Gasteiger partial charge on any atom is 0.240 e. The highest BCUT2D eigenvalue weighted by atomic mass is 16.5. The zero-order valence-electron chi connectivity index (χ0n) is 13.4. The summed E-state index contributed by atoms with van der Waals surface area (Å²) in [5, 5.41) is 3.95. The van der Waals surface area contributed by atoms with Gasteiger partial charge in [0.25, 0.3) is 0 Å². The molecule has 0 heterocycles. The molecule has 0 aliphatic carbocycles. The predicted octanol–water partition coefficient (Wildman–Crippen LogP) is 3.91. The number of carbonyl (C=O) groups is 1. The van der Waals surface area contributed by atoms with E-state index < -0.39 is 0 Å². The maximum absolute atomic E-state index is 11.4. The lowest BCUT2D eigenvalue weighted by molar-refractivity contribution is -0.121. The van der Waals surface area contributed by atoms with E-state index in [1.54, 1.807) is 6.21 Å². The van der Waals surface area contributed by atoms with Gasteiger partial charge in [-0.25, -0.2) is 5.43 Å². The number of hydrogen-bond acceptors (Lipinski definition) is 3. The first-order valence-electron chi connectivity index (χ1n) is 7.86. The molecule has 0 aliphatic heterocycles. The van der Waals surface area contributed by atoms with Crippen LogP contribution in [0.3, 0.4) is 0 Å². The van der Waals surface area contributed by atoms with E-state index in [9.17, 15) is 4.79 Å². The first-order valence-corrected chi connectivity index (χ1v) is 7.86. The molecule has 0 spiro atoms. The molecule has 120 valence electrons. The first kappa shape index (κ1) is 16.7. The number of nitrogens with zero attached hydrogens (tertiary/aromatic N) is 1. The second kappa shape index (κ2) is 9.41. The highest BCUT2D eigenvalue weighted by molar-refractivity contribution is 5.82. The third-order valence-corrected chi connectivity index (χ3v) is 3.29. The van der Waals surface area contributed by atoms with E-state index >= 15 is 0 Å². The highest BCUT2D eigenvalue weighted by Crippen LogP contribution is 2.13. The Morgan fingerprint density at radius 2 is 1.87 bits per heavy atom. The van der Waals surface area contributed by atoms with E-state index in [1.807, 2.05) is 54.6 Å². The maximum atomic E-state index is 11.4. The average Bonchev–Trinajstić information content (AvgIpc) is 2.60. The van der Waals surface area contributed by atoms with E-state index in [-0.39, 0.29) is 5.91 Å². The standard InChI is InChI=1S/C19H22N2O2/c1-2-3-9-19(22)21-20-14-16-10-12-18(13-11-16)23-15-17-7-5-4-6-8-17/h4-8,10-14H,2-3,9,15H2,1H3,(H,21,22). The van der Waals surface area contributed by atoms with Gasteiger partial charge in [-0.15, -0.1) is 0 Å². The Hall–Kier alpha value is -2.62. The van der Waals surface area contributed by atoms with Crippen molar-refractivity contribution < 1.29 is 9.53 Å². The van der Waals surface area contributed by atoms with Crippen LogP contribution >= 0.6 is 0 Å². The van der Waals surface area contributed by atoms with Gasteiger partial charge >= 0.3 is 0 Å². The third kappa shape index (κ3) is 6.34. The number of nitrogens with one attached hydrogen (secondary N) is 1. The van der Waals surface area contributed by atoms with E-state index in [2.05, 4.69) is 17.5 Å². The number of carbonyl (C=O) groups excluding carboxylic acids is 1. The van der Waals surface area contributed by atoms with Crippen LogP contribution in [-0.2, 0) is 11.4 Å². The van der Waals surface area contributed by atoms with Crippen molar-refractivity contribution in [3.05, 3.63) is 65.7 Å². The lowest BCUT2D eigenvalue weighted by atomic mass is 10.2. The predicted molar refractivity (Wildman–Crippen MR) is 92.5 cm³/mol. The molecule has 0 bridgehead atoms. The monoisotopic (exact) mass is 310 g/mol. The summed E-state index contributed by atoms with van der Waals surface area (Å²) in [5.74, 6) is 0.754. The van der Waals surface area contributed by atoms with Crippen LogP contribution < -0.4 is 10.2 Å². The fourth-order valence-electron chi connectivity index (χ4n) is 1.96. The molecule has 0 fully saturated rings. The SMILES string of the molecule is CCCCC(=O)NN=Cc1ccc(OCc2ccccc2)cc1. The molecule has 0 atom stereocenters. The molecular weight excluding hydrogens is 288 g/mol. The Bertz CT molecular complexity index is 622. The first-order chi connectivity index (χ1) is 11.3. The largest absolute Gasteiger partial charge is 0.489 e. The summed E-state index contributed by atoms with van der Waals surface area (Å²) in [6.45, 7) is 2.60. The van der Waals surface area contributed by atoms with Crippen molar-refractivity contribution in [2.45, 2.75) is 32.8 Å². The minimum Gasteiger partial charge on any atom is -0.489 e. The topological polar surface area (TPSA) is 50.7 Å². The summed E-state index contributed by atoms with van der Waals surface area (Å²) in [5.41, 5.74) is 4.57. The van der Waals surface area contributed by atoms with Crippen LogP contribution in [0.2, 0.25) is 0 Å². The number of unbranched alkanes of at least 4 members (excludes halogenated alkanes) is 1. The normalized spacial score (nSPS) is 10.7. The number of rotatable bonds is 8. The lowest BCUT2D eigenvalue weighted by Gasteiger charge is -2.06. The molecule has 0 saturated heterocycles. The van der Waals surface area contributed by atoms with Gasteiger partial charge in [0, 0.05) is 6.42 Å². The smallest absolute Gasteiger partial charge is 0.240 e. The van der Waals surface area contributed by atoms with Gasteiger partial charge in [0.2, 0.25) is 5.91 Å². The van der Waals surface area contributed by atoms with E-state index in [0.29, 0.717) is 13.0 Å². The molecule has 0 saturated carbocycles. The number of hydrogen-bond donors (Lipinski definition) is 1. The molecule has 0 aromatic heterocycles. The van der Waals surface area contributed by atoms with Gasteiger partial charge in [-0.2, -0.15) is 5.10 Å². The lowest BCUT2D eigenvalue weighted by Crippen LogP contribution is -2.16. The Morgan fingerprint density at radius 1 is 1.13 bits per heavy atom. The molecule has 0 radical (unpaired) electrons. The van der Waals surface area contributed by atoms with Gasteiger partial charge in [-0.1, -0.05) is 43.7 Å². The van der Waals surface area contributed by atoms with E-state index in [4.69, 9.17) is 4.74 Å². The zero-order chi connectivity index (χ0) is 16.3. The van der Waals surface area contributed by atoms with E-state index in [0.717, 1.165) is 29.7 Å². The van der Waals surface area contributed by atoms with Crippen LogP contribution in [0.25, 0.3) is 0 Å². The van der Waals surface area contributed by atoms with Crippen LogP contribution in [-0.4, -0.2) is 12.1 Å². The fraction of sp³-hybridized carbons (Fsp3) is 0.263. The van der Waals surface area contributed by atoms with Crippen molar-refractivity contribution >= 4 is 12.1 Å². The quantitative estimate of drug-likeness (QED) is 0.594. The molecule has 4 nitrogen and oxygen atoms in total. The van der Waals surface area contributed by atoms with Crippen molar-refractivity contribution in [1.29, 1.82) is 0 Å². The molecule has 1 N–H and O–H groups in total. The summed E-state index contributed by atoms with van der Waals surface area (Å²) in [6.07, 6.45) is 4.03. The second-order valence-corrected chi connectivity index (χ2v) is 5.24. The molecule has 0 unspecified atom stereocenters. The minimum atomic E-state index is -0.0501.